The van der Waals surface area contributed by atoms with Crippen LogP contribution in [0.1, 0.15) is 121 Å². The van der Waals surface area contributed by atoms with Crippen molar-refractivity contribution in [2.75, 3.05) is 0 Å². The van der Waals surface area contributed by atoms with Crippen LogP contribution in [0.15, 0.2) is 34.3 Å². The molecular weight excluding hydrogens is 627 g/mol. The number of carbonyl (C=O) groups excluding carboxylic acids is 2. The summed E-state index contributed by atoms with van der Waals surface area (Å²) >= 11 is 0. The predicted molar refractivity (Wildman–Crippen MR) is 179 cm³/mol. The third-order valence-corrected chi connectivity index (χ3v) is 7.56. The van der Waals surface area contributed by atoms with Crippen molar-refractivity contribution in [1.29, 1.82) is 0 Å². The standard InChI is InChI=1S/C33H48N2O2.2C2H4O2.Co/c1-7-26-15-24(11-9-22(3)4)17-28(32(26)36)20-34-30-13-14-31(19-30)35-21-29-18-25(12-10-23(5)6)16-27(8-2)33(29)37;2*1-2(3)4;/h15-18,20-23,30-31,36-37H,7-14,19H2,1-6H3;2*1H3,(H,3,4);/q;;;+2/p-2. The van der Waals surface area contributed by atoms with Crippen LogP contribution in [-0.4, -0.2) is 46.7 Å². The van der Waals surface area contributed by atoms with Crippen LogP contribution in [0.3, 0.4) is 0 Å². The van der Waals surface area contributed by atoms with Crippen LogP contribution in [-0.2, 0) is 52.1 Å². The van der Waals surface area contributed by atoms with Crippen molar-refractivity contribution < 1.29 is 46.8 Å². The molecule has 0 amide bonds. The molecule has 8 nitrogen and oxygen atoms in total. The maximum absolute atomic E-state index is 10.7. The molecule has 1 fully saturated rings. The van der Waals surface area contributed by atoms with Crippen LogP contribution in [0.5, 0.6) is 11.5 Å². The minimum Gasteiger partial charge on any atom is -0.550 e. The molecule has 0 saturated heterocycles. The topological polar surface area (TPSA) is 145 Å². The zero-order valence-corrected chi connectivity index (χ0v) is 29.9. The van der Waals surface area contributed by atoms with Gasteiger partial charge in [-0.3, -0.25) is 9.98 Å². The molecule has 1 saturated carbocycles. The molecule has 1 radical (unpaired) electrons. The Bertz CT molecular complexity index is 1180. The molecule has 257 valence electrons. The Labute approximate surface area is 286 Å². The van der Waals surface area contributed by atoms with Crippen LogP contribution < -0.4 is 10.2 Å². The van der Waals surface area contributed by atoms with Crippen molar-refractivity contribution in [3.63, 3.8) is 0 Å². The first-order valence-electron chi connectivity index (χ1n) is 16.3. The van der Waals surface area contributed by atoms with E-state index in [4.69, 9.17) is 29.8 Å². The molecule has 2 aromatic rings. The normalized spacial score (nSPS) is 15.8. The zero-order valence-electron chi connectivity index (χ0n) is 28.9. The summed E-state index contributed by atoms with van der Waals surface area (Å²) < 4.78 is 0. The van der Waals surface area contributed by atoms with E-state index in [0.717, 1.165) is 93.9 Å². The second-order valence-electron chi connectivity index (χ2n) is 12.6. The van der Waals surface area contributed by atoms with Crippen LogP contribution >= 0.6 is 0 Å². The van der Waals surface area contributed by atoms with Crippen LogP contribution in [0.25, 0.3) is 0 Å². The van der Waals surface area contributed by atoms with Crippen LogP contribution in [0.4, 0.5) is 0 Å². The van der Waals surface area contributed by atoms with E-state index in [1.54, 1.807) is 0 Å². The molecule has 2 atom stereocenters. The van der Waals surface area contributed by atoms with Crippen molar-refractivity contribution in [2.45, 2.75) is 125 Å². The first-order chi connectivity index (χ1) is 21.2. The van der Waals surface area contributed by atoms with Crippen molar-refractivity contribution in [3.8, 4) is 11.5 Å². The Hall–Kier alpha value is -3.17. The van der Waals surface area contributed by atoms with Crippen molar-refractivity contribution in [1.82, 2.24) is 0 Å². The maximum Gasteiger partial charge on any atom is 2.00 e. The third-order valence-electron chi connectivity index (χ3n) is 7.56. The van der Waals surface area contributed by atoms with Gasteiger partial charge in [-0.2, -0.15) is 0 Å². The first-order valence-corrected chi connectivity index (χ1v) is 16.3. The number of hydrogen-bond acceptors (Lipinski definition) is 8. The van der Waals surface area contributed by atoms with Gasteiger partial charge in [-0.05, 0) is 118 Å². The Kier molecular flexibility index (Phi) is 20.8. The van der Waals surface area contributed by atoms with Crippen LogP contribution in [0, 0.1) is 11.8 Å². The molecule has 1 aliphatic rings. The number of carboxylic acid groups (broad SMARTS) is 2. The summed E-state index contributed by atoms with van der Waals surface area (Å²) in [5.74, 6) is -0.117. The largest absolute Gasteiger partial charge is 2.00 e. The number of nitrogens with zero attached hydrogens (tertiary/aromatic N) is 2. The van der Waals surface area contributed by atoms with Gasteiger partial charge in [-0.1, -0.05) is 53.7 Å². The quantitative estimate of drug-likeness (QED) is 0.288. The molecule has 46 heavy (non-hydrogen) atoms. The molecule has 0 aromatic heterocycles. The van der Waals surface area contributed by atoms with Crippen LogP contribution in [0.2, 0.25) is 0 Å². The molecule has 0 spiro atoms. The average molecular weight is 682 g/mol. The second-order valence-corrected chi connectivity index (χ2v) is 12.6. The number of hydrogen-bond donors (Lipinski definition) is 2. The molecular formula is C37H54CoN2O6. The Morgan fingerprint density at radius 1 is 0.761 bits per heavy atom. The molecule has 2 N–H and O–H groups in total. The van der Waals surface area contributed by atoms with E-state index < -0.39 is 11.9 Å². The van der Waals surface area contributed by atoms with E-state index in [9.17, 15) is 10.2 Å². The number of aliphatic carboxylic acids is 2. The third kappa shape index (κ3) is 16.9. The summed E-state index contributed by atoms with van der Waals surface area (Å²) in [5, 5.41) is 39.3. The van der Waals surface area contributed by atoms with E-state index >= 15 is 0 Å². The fourth-order valence-electron chi connectivity index (χ4n) is 5.09. The minimum atomic E-state index is -1.08. The maximum atomic E-state index is 10.7. The number of phenols is 2. The monoisotopic (exact) mass is 681 g/mol. The van der Waals surface area contributed by atoms with Crippen molar-refractivity contribution in [2.24, 2.45) is 21.8 Å². The molecule has 2 unspecified atom stereocenters. The second kappa shape index (κ2) is 22.4. The van der Waals surface area contributed by atoms with Crippen molar-refractivity contribution in [3.05, 3.63) is 57.6 Å². The number of aliphatic imine (C=N–C) groups is 2. The zero-order chi connectivity index (χ0) is 34.1. The summed E-state index contributed by atoms with van der Waals surface area (Å²) in [4.78, 5) is 27.5. The van der Waals surface area contributed by atoms with Gasteiger partial charge in [0.05, 0.1) is 12.1 Å². The van der Waals surface area contributed by atoms with Gasteiger partial charge in [0.2, 0.25) is 0 Å². The summed E-state index contributed by atoms with van der Waals surface area (Å²) in [6.45, 7) is 15.1. The van der Waals surface area contributed by atoms with E-state index in [1.165, 1.54) is 11.1 Å². The van der Waals surface area contributed by atoms with E-state index in [-0.39, 0.29) is 28.9 Å². The Morgan fingerprint density at radius 2 is 1.09 bits per heavy atom. The van der Waals surface area contributed by atoms with E-state index in [1.807, 2.05) is 12.4 Å². The van der Waals surface area contributed by atoms with E-state index in [0.29, 0.717) is 23.3 Å². The number of carboxylic acids is 2. The number of aryl methyl sites for hydroxylation is 4. The minimum absolute atomic E-state index is 0. The number of aromatic hydroxyl groups is 2. The number of benzene rings is 2. The molecule has 9 heteroatoms. The smallest absolute Gasteiger partial charge is 0.550 e. The Morgan fingerprint density at radius 3 is 1.37 bits per heavy atom. The fourth-order valence-corrected chi connectivity index (χ4v) is 5.09. The number of phenolic OH excluding ortho intramolecular Hbond substituents is 2. The van der Waals surface area contributed by atoms with Gasteiger partial charge < -0.3 is 30.0 Å². The summed E-state index contributed by atoms with van der Waals surface area (Å²) in [5.41, 5.74) is 6.22. The van der Waals surface area contributed by atoms with Gasteiger partial charge in [0.15, 0.2) is 0 Å². The predicted octanol–water partition coefficient (Wildman–Crippen LogP) is 5.37. The molecule has 0 bridgehead atoms. The number of rotatable bonds is 12. The summed E-state index contributed by atoms with van der Waals surface area (Å²) in [6.07, 6.45) is 12.6. The summed E-state index contributed by atoms with van der Waals surface area (Å²) in [7, 11) is 0. The molecule has 0 aliphatic heterocycles. The van der Waals surface area contributed by atoms with E-state index in [2.05, 4.69) is 65.8 Å². The Balaban J connectivity index is 0.00000201. The van der Waals surface area contributed by atoms with Gasteiger partial charge >= 0.3 is 16.8 Å². The molecule has 2 aromatic carbocycles. The van der Waals surface area contributed by atoms with Crippen molar-refractivity contribution >= 4 is 24.4 Å². The fraction of sp³-hybridized carbons (Fsp3) is 0.568. The molecule has 0 heterocycles. The van der Waals surface area contributed by atoms with Gasteiger partial charge in [0.1, 0.15) is 11.5 Å². The van der Waals surface area contributed by atoms with Gasteiger partial charge in [0, 0.05) is 35.5 Å². The molecule has 1 aliphatic carbocycles. The van der Waals surface area contributed by atoms with Gasteiger partial charge in [-0.15, -0.1) is 0 Å². The molecule has 3 rings (SSSR count). The number of carbonyl (C=O) groups is 2. The van der Waals surface area contributed by atoms with Gasteiger partial charge in [-0.25, -0.2) is 0 Å². The summed E-state index contributed by atoms with van der Waals surface area (Å²) in [6, 6.07) is 8.92. The van der Waals surface area contributed by atoms with Gasteiger partial charge in [0.25, 0.3) is 0 Å². The average Bonchev–Trinajstić information content (AvgIpc) is 3.41. The first kappa shape index (κ1) is 42.8. The SMILES string of the molecule is CC(=O)[O-].CC(=O)[O-].CCc1cc(CCC(C)C)cc(C=NC2CCC(N=Cc3cc(CCC(C)C)cc(CC)c3O)C2)c1O.[Co+2].